The molecule has 2 aromatic carbocycles. The van der Waals surface area contributed by atoms with Crippen molar-refractivity contribution in [1.29, 1.82) is 0 Å². The van der Waals surface area contributed by atoms with Crippen LogP contribution in [0.25, 0.3) is 44.7 Å². The van der Waals surface area contributed by atoms with Gasteiger partial charge in [0, 0.05) is 55.9 Å². The van der Waals surface area contributed by atoms with Crippen LogP contribution in [0.4, 0.5) is 5.69 Å². The maximum atomic E-state index is 4.77. The molecule has 0 fully saturated rings. The summed E-state index contributed by atoms with van der Waals surface area (Å²) in [6.07, 6.45) is 7.46. The third-order valence-corrected chi connectivity index (χ3v) is 6.80. The van der Waals surface area contributed by atoms with Gasteiger partial charge in [0.1, 0.15) is 11.2 Å². The predicted octanol–water partition coefficient (Wildman–Crippen LogP) is 5.85. The molecular weight excluding hydrogens is 498 g/mol. The second kappa shape index (κ2) is 10.9. The van der Waals surface area contributed by atoms with Crippen molar-refractivity contribution in [2.24, 2.45) is 4.99 Å². The first-order chi connectivity index (χ1) is 19.6. The third kappa shape index (κ3) is 5.10. The van der Waals surface area contributed by atoms with Crippen molar-refractivity contribution in [3.8, 4) is 22.6 Å². The van der Waals surface area contributed by atoms with Crippen LogP contribution in [0.5, 0.6) is 0 Å². The van der Waals surface area contributed by atoms with Crippen LogP contribution in [0.15, 0.2) is 96.1 Å². The first-order valence-corrected chi connectivity index (χ1v) is 13.0. The lowest BCUT2D eigenvalue weighted by atomic mass is 10.0. The number of pyridine rings is 2. The van der Waals surface area contributed by atoms with E-state index in [-0.39, 0.29) is 0 Å². The summed E-state index contributed by atoms with van der Waals surface area (Å²) in [5.41, 5.74) is 9.30. The van der Waals surface area contributed by atoms with E-state index in [9.17, 15) is 0 Å². The van der Waals surface area contributed by atoms with Gasteiger partial charge in [-0.25, -0.2) is 9.97 Å². The molecule has 0 saturated heterocycles. The topological polar surface area (TPSA) is 111 Å². The van der Waals surface area contributed by atoms with Crippen LogP contribution in [0.1, 0.15) is 18.1 Å². The van der Waals surface area contributed by atoms with Crippen LogP contribution < -0.4 is 10.2 Å². The number of benzene rings is 2. The number of H-pyrrole nitrogens is 2. The fraction of sp³-hybridized carbons (Fsp3) is 0.129. The molecule has 0 unspecified atom stereocenters. The summed E-state index contributed by atoms with van der Waals surface area (Å²) in [4.78, 5) is 23.2. The van der Waals surface area contributed by atoms with E-state index < -0.39 is 0 Å². The number of aromatic amines is 2. The van der Waals surface area contributed by atoms with Gasteiger partial charge in [-0.3, -0.25) is 15.1 Å². The zero-order valence-corrected chi connectivity index (χ0v) is 22.4. The summed E-state index contributed by atoms with van der Waals surface area (Å²) in [6, 6.07) is 20.7. The molecule has 6 aromatic rings. The van der Waals surface area contributed by atoms with Gasteiger partial charge in [0.25, 0.3) is 0 Å². The average molecular weight is 528 g/mol. The number of aromatic nitrogens is 6. The third-order valence-electron chi connectivity index (χ3n) is 6.80. The molecule has 0 bridgehead atoms. The highest BCUT2D eigenvalue weighted by Crippen LogP contribution is 2.32. The number of aliphatic imine (C=N–C) groups is 1. The molecule has 0 aliphatic carbocycles. The van der Waals surface area contributed by atoms with Gasteiger partial charge in [-0.15, -0.1) is 0 Å². The Kier molecular flexibility index (Phi) is 6.86. The summed E-state index contributed by atoms with van der Waals surface area (Å²) < 4.78 is 0. The number of hydrogen-bond donors (Lipinski definition) is 3. The highest BCUT2D eigenvalue weighted by molar-refractivity contribution is 5.96. The molecule has 4 aromatic heterocycles. The Labute approximate surface area is 231 Å². The Bertz CT molecular complexity index is 1830. The highest BCUT2D eigenvalue weighted by atomic mass is 15.2. The average Bonchev–Trinajstić information content (AvgIpc) is 3.61. The van der Waals surface area contributed by atoms with Crippen molar-refractivity contribution in [2.45, 2.75) is 20.0 Å². The van der Waals surface area contributed by atoms with Crippen LogP contribution in [0.3, 0.4) is 0 Å². The zero-order valence-electron chi connectivity index (χ0n) is 22.4. The van der Waals surface area contributed by atoms with E-state index in [0.717, 1.165) is 63.3 Å². The van der Waals surface area contributed by atoms with Crippen LogP contribution in [-0.2, 0) is 13.1 Å². The van der Waals surface area contributed by atoms with Crippen molar-refractivity contribution in [1.82, 2.24) is 35.5 Å². The van der Waals surface area contributed by atoms with E-state index >= 15 is 0 Å². The van der Waals surface area contributed by atoms with E-state index in [1.165, 1.54) is 5.56 Å². The second-order valence-corrected chi connectivity index (χ2v) is 9.66. The number of anilines is 1. The van der Waals surface area contributed by atoms with Crippen molar-refractivity contribution < 1.29 is 0 Å². The number of allylic oxidation sites excluding steroid dienone is 1. The van der Waals surface area contributed by atoms with E-state index in [4.69, 9.17) is 4.98 Å². The van der Waals surface area contributed by atoms with Gasteiger partial charge >= 0.3 is 0 Å². The van der Waals surface area contributed by atoms with Gasteiger partial charge in [0.2, 0.25) is 0 Å². The summed E-state index contributed by atoms with van der Waals surface area (Å²) >= 11 is 0. The minimum Gasteiger partial charge on any atom is -0.347 e. The summed E-state index contributed by atoms with van der Waals surface area (Å²) in [5, 5.41) is 12.2. The zero-order chi connectivity index (χ0) is 27.5. The second-order valence-electron chi connectivity index (χ2n) is 9.66. The van der Waals surface area contributed by atoms with Gasteiger partial charge in [0.15, 0.2) is 11.5 Å². The van der Waals surface area contributed by atoms with Crippen LogP contribution in [-0.4, -0.2) is 43.9 Å². The molecular formula is C31H29N9. The van der Waals surface area contributed by atoms with E-state index in [2.05, 4.69) is 84.6 Å². The van der Waals surface area contributed by atoms with Crippen LogP contribution in [0.2, 0.25) is 0 Å². The molecule has 9 nitrogen and oxygen atoms in total. The van der Waals surface area contributed by atoms with Gasteiger partial charge in [-0.2, -0.15) is 5.10 Å². The van der Waals surface area contributed by atoms with Crippen LogP contribution in [0, 0.1) is 0 Å². The normalized spacial score (nSPS) is 11.8. The number of nitrogens with one attached hydrogen (secondary N) is 3. The fourth-order valence-electron chi connectivity index (χ4n) is 4.76. The molecule has 9 heteroatoms. The standard InChI is InChI=1S/C31H29N9/c1-20(32-2)19-40(3)27-11-12-35-30-29(27)36-31(37-30)28-25-14-23(9-10-26(25)38-39-28)24-13-22(17-34-18-24)16-33-15-21-7-5-4-6-8-21/h4-14,17-19,33H,2,15-16H2,1,3H3,(H,38,39)(H,35,36,37)/b20-19-. The summed E-state index contributed by atoms with van der Waals surface area (Å²) in [7, 11) is 1.96. The smallest absolute Gasteiger partial charge is 0.180 e. The van der Waals surface area contributed by atoms with Gasteiger partial charge in [-0.05, 0) is 54.6 Å². The Morgan fingerprint density at radius 2 is 1.88 bits per heavy atom. The maximum Gasteiger partial charge on any atom is 0.180 e. The summed E-state index contributed by atoms with van der Waals surface area (Å²) in [6.45, 7) is 7.04. The Morgan fingerprint density at radius 1 is 1.02 bits per heavy atom. The first-order valence-electron chi connectivity index (χ1n) is 13.0. The molecule has 198 valence electrons. The van der Waals surface area contributed by atoms with Gasteiger partial charge < -0.3 is 15.2 Å². The van der Waals surface area contributed by atoms with Crippen LogP contribution >= 0.6 is 0 Å². The lowest BCUT2D eigenvalue weighted by Crippen LogP contribution is -2.12. The molecule has 0 radical (unpaired) electrons. The summed E-state index contributed by atoms with van der Waals surface area (Å²) in [5.74, 6) is 0.645. The number of imidazole rings is 1. The van der Waals surface area contributed by atoms with E-state index in [1.807, 2.05) is 55.7 Å². The monoisotopic (exact) mass is 527 g/mol. The molecule has 0 saturated carbocycles. The van der Waals surface area contributed by atoms with Gasteiger partial charge in [0.05, 0.1) is 16.9 Å². The first kappa shape index (κ1) is 25.1. The number of nitrogens with zero attached hydrogens (tertiary/aromatic N) is 6. The number of fused-ring (bicyclic) bond motifs is 2. The minimum absolute atomic E-state index is 0.615. The van der Waals surface area contributed by atoms with Gasteiger partial charge in [-0.1, -0.05) is 36.4 Å². The largest absolute Gasteiger partial charge is 0.347 e. The molecule has 0 spiro atoms. The predicted molar refractivity (Wildman–Crippen MR) is 161 cm³/mol. The molecule has 0 aliphatic rings. The number of rotatable bonds is 9. The highest BCUT2D eigenvalue weighted by Gasteiger charge is 2.17. The number of hydrogen-bond acceptors (Lipinski definition) is 7. The molecule has 4 heterocycles. The Hall–Kier alpha value is -5.15. The quantitative estimate of drug-likeness (QED) is 0.203. The molecule has 6 rings (SSSR count). The lowest BCUT2D eigenvalue weighted by molar-refractivity contribution is 0.691. The Balaban J connectivity index is 1.30. The fourth-order valence-corrected chi connectivity index (χ4v) is 4.76. The molecule has 0 amide bonds. The van der Waals surface area contributed by atoms with Crippen molar-refractivity contribution >= 4 is 34.5 Å². The SMILES string of the molecule is C=N/C(C)=C\N(C)c1ccnc2nc(-c3n[nH]c4ccc(-c5cncc(CNCc6ccccc6)c5)cc34)[nH]c12. The lowest BCUT2D eigenvalue weighted by Gasteiger charge is -2.15. The molecule has 40 heavy (non-hydrogen) atoms. The van der Waals surface area contributed by atoms with E-state index in [1.54, 1.807) is 6.20 Å². The van der Waals surface area contributed by atoms with Crippen molar-refractivity contribution in [3.05, 3.63) is 102 Å². The maximum absolute atomic E-state index is 4.77. The molecule has 0 aliphatic heterocycles. The molecule has 3 N–H and O–H groups in total. The van der Waals surface area contributed by atoms with E-state index in [0.29, 0.717) is 11.5 Å². The van der Waals surface area contributed by atoms with Crippen molar-refractivity contribution in [3.63, 3.8) is 0 Å². The van der Waals surface area contributed by atoms with Crippen molar-refractivity contribution in [2.75, 3.05) is 11.9 Å². The minimum atomic E-state index is 0.615. The molecule has 0 atom stereocenters. The Morgan fingerprint density at radius 3 is 2.73 bits per heavy atom.